The molecular weight excluding hydrogens is 220 g/mol. The van der Waals surface area contributed by atoms with Gasteiger partial charge in [-0.2, -0.15) is 11.8 Å². The van der Waals surface area contributed by atoms with Gasteiger partial charge in [0.1, 0.15) is 17.5 Å². The van der Waals surface area contributed by atoms with Crippen molar-refractivity contribution in [3.8, 4) is 0 Å². The Morgan fingerprint density at radius 1 is 1.38 bits per heavy atom. The molecule has 0 radical (unpaired) electrons. The minimum Gasteiger partial charge on any atom is -0.373 e. The summed E-state index contributed by atoms with van der Waals surface area (Å²) in [6.07, 6.45) is 2.13. The first-order valence-corrected chi connectivity index (χ1v) is 6.81. The fourth-order valence-electron chi connectivity index (χ4n) is 1.41. The van der Waals surface area contributed by atoms with Gasteiger partial charge in [0, 0.05) is 19.7 Å². The molecule has 0 aromatic carbocycles. The molecular formula is C11H20N4S. The van der Waals surface area contributed by atoms with Crippen LogP contribution in [0.3, 0.4) is 0 Å². The number of hydrogen-bond donors (Lipinski definition) is 2. The summed E-state index contributed by atoms with van der Waals surface area (Å²) in [4.78, 5) is 8.59. The van der Waals surface area contributed by atoms with Crippen molar-refractivity contribution in [2.45, 2.75) is 13.8 Å². The number of thioether (sulfide) groups is 1. The van der Waals surface area contributed by atoms with Crippen molar-refractivity contribution in [3.05, 3.63) is 11.9 Å². The Morgan fingerprint density at radius 3 is 2.69 bits per heavy atom. The highest BCUT2D eigenvalue weighted by atomic mass is 32.2. The molecule has 0 spiro atoms. The highest BCUT2D eigenvalue weighted by Gasteiger charge is 2.03. The Labute approximate surface area is 102 Å². The summed E-state index contributed by atoms with van der Waals surface area (Å²) in [6.45, 7) is 5.08. The van der Waals surface area contributed by atoms with E-state index in [2.05, 4.69) is 33.8 Å². The normalized spacial score (nSPS) is 12.2. The van der Waals surface area contributed by atoms with Crippen LogP contribution in [0.5, 0.6) is 0 Å². The molecule has 1 heterocycles. The molecule has 0 aliphatic rings. The van der Waals surface area contributed by atoms with Gasteiger partial charge >= 0.3 is 0 Å². The molecule has 16 heavy (non-hydrogen) atoms. The zero-order valence-corrected chi connectivity index (χ0v) is 11.2. The van der Waals surface area contributed by atoms with Crippen LogP contribution in [0.4, 0.5) is 11.6 Å². The summed E-state index contributed by atoms with van der Waals surface area (Å²) in [5, 5.41) is 6.37. The lowest BCUT2D eigenvalue weighted by Crippen LogP contribution is -2.14. The average Bonchev–Trinajstić information content (AvgIpc) is 2.26. The van der Waals surface area contributed by atoms with E-state index < -0.39 is 0 Å². The fourth-order valence-corrected chi connectivity index (χ4v) is 2.10. The fraction of sp³-hybridized carbons (Fsp3) is 0.636. The van der Waals surface area contributed by atoms with E-state index in [4.69, 9.17) is 0 Å². The monoisotopic (exact) mass is 240 g/mol. The zero-order valence-electron chi connectivity index (χ0n) is 10.4. The number of aryl methyl sites for hydroxylation is 1. The summed E-state index contributed by atoms with van der Waals surface area (Å²) in [5.74, 6) is 4.34. The summed E-state index contributed by atoms with van der Waals surface area (Å²) in [7, 11) is 1.86. The van der Waals surface area contributed by atoms with E-state index >= 15 is 0 Å². The van der Waals surface area contributed by atoms with Gasteiger partial charge in [0.25, 0.3) is 0 Å². The standard InChI is InChI=1S/C11H20N4S/c1-8(7-16-4)6-13-11-5-10(12-3)14-9(2)15-11/h5,8H,6-7H2,1-4H3,(H2,12,13,14,15). The van der Waals surface area contributed by atoms with Crippen molar-refractivity contribution in [1.82, 2.24) is 9.97 Å². The zero-order chi connectivity index (χ0) is 12.0. The SMILES string of the molecule is CNc1cc(NCC(C)CSC)nc(C)n1. The average molecular weight is 240 g/mol. The van der Waals surface area contributed by atoms with Gasteiger partial charge in [-0.1, -0.05) is 6.92 Å². The first-order chi connectivity index (χ1) is 7.65. The smallest absolute Gasteiger partial charge is 0.131 e. The van der Waals surface area contributed by atoms with E-state index in [0.29, 0.717) is 5.92 Å². The number of aromatic nitrogens is 2. The Hall–Kier alpha value is -0.970. The summed E-state index contributed by atoms with van der Waals surface area (Å²) in [6, 6.07) is 1.93. The lowest BCUT2D eigenvalue weighted by Gasteiger charge is -2.12. The van der Waals surface area contributed by atoms with Crippen LogP contribution in [0, 0.1) is 12.8 Å². The molecule has 1 rings (SSSR count). The molecule has 0 saturated heterocycles. The van der Waals surface area contributed by atoms with Gasteiger partial charge < -0.3 is 10.6 Å². The molecule has 90 valence electrons. The van der Waals surface area contributed by atoms with Crippen molar-refractivity contribution >= 4 is 23.4 Å². The lowest BCUT2D eigenvalue weighted by molar-refractivity contribution is 0.699. The molecule has 0 amide bonds. The van der Waals surface area contributed by atoms with E-state index in [9.17, 15) is 0 Å². The highest BCUT2D eigenvalue weighted by Crippen LogP contribution is 2.12. The molecule has 1 atom stereocenters. The Kier molecular flexibility index (Phi) is 5.38. The molecule has 1 aromatic heterocycles. The summed E-state index contributed by atoms with van der Waals surface area (Å²) >= 11 is 1.87. The van der Waals surface area contributed by atoms with Gasteiger partial charge in [-0.25, -0.2) is 9.97 Å². The number of hydrogen-bond acceptors (Lipinski definition) is 5. The van der Waals surface area contributed by atoms with Gasteiger partial charge in [0.2, 0.25) is 0 Å². The van der Waals surface area contributed by atoms with Crippen molar-refractivity contribution in [2.24, 2.45) is 5.92 Å². The molecule has 0 bridgehead atoms. The van der Waals surface area contributed by atoms with Gasteiger partial charge in [-0.3, -0.25) is 0 Å². The van der Waals surface area contributed by atoms with Crippen molar-refractivity contribution in [3.63, 3.8) is 0 Å². The number of rotatable bonds is 6. The minimum atomic E-state index is 0.642. The number of anilines is 2. The molecule has 1 unspecified atom stereocenters. The highest BCUT2D eigenvalue weighted by molar-refractivity contribution is 7.98. The number of nitrogens with zero attached hydrogens (tertiary/aromatic N) is 2. The molecule has 0 fully saturated rings. The lowest BCUT2D eigenvalue weighted by atomic mass is 10.2. The molecule has 4 nitrogen and oxygen atoms in total. The maximum Gasteiger partial charge on any atom is 0.131 e. The van der Waals surface area contributed by atoms with Crippen molar-refractivity contribution < 1.29 is 0 Å². The van der Waals surface area contributed by atoms with E-state index in [1.54, 1.807) is 0 Å². The molecule has 0 aliphatic heterocycles. The molecule has 0 aliphatic carbocycles. The van der Waals surface area contributed by atoms with Crippen LogP contribution in [-0.2, 0) is 0 Å². The largest absolute Gasteiger partial charge is 0.373 e. The maximum atomic E-state index is 4.34. The molecule has 5 heteroatoms. The molecule has 0 saturated carbocycles. The maximum absolute atomic E-state index is 4.34. The van der Waals surface area contributed by atoms with Crippen LogP contribution in [0.1, 0.15) is 12.7 Å². The third kappa shape index (κ3) is 4.26. The second-order valence-corrected chi connectivity index (χ2v) is 4.79. The van der Waals surface area contributed by atoms with Gasteiger partial charge in [-0.05, 0) is 24.9 Å². The number of nitrogens with one attached hydrogen (secondary N) is 2. The molecule has 1 aromatic rings. The van der Waals surface area contributed by atoms with Crippen LogP contribution >= 0.6 is 11.8 Å². The van der Waals surface area contributed by atoms with E-state index in [1.165, 1.54) is 0 Å². The quantitative estimate of drug-likeness (QED) is 0.798. The first-order valence-electron chi connectivity index (χ1n) is 5.42. The van der Waals surface area contributed by atoms with Crippen LogP contribution in [0.25, 0.3) is 0 Å². The minimum absolute atomic E-state index is 0.642. The third-order valence-corrected chi connectivity index (χ3v) is 3.08. The van der Waals surface area contributed by atoms with Crippen LogP contribution in [-0.4, -0.2) is 35.6 Å². The van der Waals surface area contributed by atoms with Gasteiger partial charge in [0.05, 0.1) is 0 Å². The van der Waals surface area contributed by atoms with E-state index in [1.807, 2.05) is 31.8 Å². The topological polar surface area (TPSA) is 49.8 Å². The van der Waals surface area contributed by atoms with Crippen LogP contribution in [0.2, 0.25) is 0 Å². The predicted molar refractivity (Wildman–Crippen MR) is 72.4 cm³/mol. The van der Waals surface area contributed by atoms with E-state index in [-0.39, 0.29) is 0 Å². The van der Waals surface area contributed by atoms with Crippen LogP contribution in [0.15, 0.2) is 6.07 Å². The second kappa shape index (κ2) is 6.58. The summed E-state index contributed by atoms with van der Waals surface area (Å²) in [5.41, 5.74) is 0. The predicted octanol–water partition coefficient (Wildman–Crippen LogP) is 2.24. The van der Waals surface area contributed by atoms with Crippen molar-refractivity contribution in [1.29, 1.82) is 0 Å². The van der Waals surface area contributed by atoms with Crippen molar-refractivity contribution in [2.75, 3.05) is 36.2 Å². The Balaban J connectivity index is 2.56. The second-order valence-electron chi connectivity index (χ2n) is 3.88. The van der Waals surface area contributed by atoms with E-state index in [0.717, 1.165) is 29.8 Å². The first kappa shape index (κ1) is 13.1. The Morgan fingerprint density at radius 2 is 2.06 bits per heavy atom. The third-order valence-electron chi connectivity index (χ3n) is 2.18. The van der Waals surface area contributed by atoms with Gasteiger partial charge in [0.15, 0.2) is 0 Å². The van der Waals surface area contributed by atoms with Crippen LogP contribution < -0.4 is 10.6 Å². The molecule has 2 N–H and O–H groups in total. The van der Waals surface area contributed by atoms with Gasteiger partial charge in [-0.15, -0.1) is 0 Å². The summed E-state index contributed by atoms with van der Waals surface area (Å²) < 4.78 is 0. The Bertz CT molecular complexity index is 330.